The number of carbonyl (C=O) groups is 1. The summed E-state index contributed by atoms with van der Waals surface area (Å²) in [5, 5.41) is 0. The number of amides is 1. The van der Waals surface area contributed by atoms with Crippen molar-refractivity contribution >= 4 is 12.0 Å². The lowest BCUT2D eigenvalue weighted by molar-refractivity contribution is -0.133. The van der Waals surface area contributed by atoms with Gasteiger partial charge in [-0.1, -0.05) is 56.3 Å². The summed E-state index contributed by atoms with van der Waals surface area (Å²) < 4.78 is 0. The molecule has 0 saturated carbocycles. The van der Waals surface area contributed by atoms with E-state index in [0.717, 1.165) is 32.7 Å². The molecule has 0 aromatic heterocycles. The Kier molecular flexibility index (Phi) is 6.00. The van der Waals surface area contributed by atoms with Crippen molar-refractivity contribution in [1.82, 2.24) is 9.80 Å². The van der Waals surface area contributed by atoms with Gasteiger partial charge < -0.3 is 4.90 Å². The first-order valence-electron chi connectivity index (χ1n) is 7.87. The SMILES string of the molecule is CC(C)CC(=O)N1CCN(CC=Cc2ccccc2)CC1. The van der Waals surface area contributed by atoms with Crippen molar-refractivity contribution in [3.63, 3.8) is 0 Å². The lowest BCUT2D eigenvalue weighted by Crippen LogP contribution is -2.48. The predicted octanol–water partition coefficient (Wildman–Crippen LogP) is 2.89. The number of piperazine rings is 1. The Bertz CT molecular complexity index is 459. The average Bonchev–Trinajstić information content (AvgIpc) is 2.48. The summed E-state index contributed by atoms with van der Waals surface area (Å²) >= 11 is 0. The highest BCUT2D eigenvalue weighted by molar-refractivity contribution is 5.76. The molecule has 114 valence electrons. The molecule has 1 fully saturated rings. The van der Waals surface area contributed by atoms with Crippen LogP contribution in [-0.4, -0.2) is 48.4 Å². The molecule has 1 aromatic carbocycles. The first-order valence-corrected chi connectivity index (χ1v) is 7.87. The van der Waals surface area contributed by atoms with Gasteiger partial charge in [0.2, 0.25) is 5.91 Å². The monoisotopic (exact) mass is 286 g/mol. The Morgan fingerprint density at radius 1 is 1.14 bits per heavy atom. The fourth-order valence-corrected chi connectivity index (χ4v) is 2.56. The molecular formula is C18H26N2O. The first kappa shape index (κ1) is 15.8. The molecule has 1 heterocycles. The van der Waals surface area contributed by atoms with E-state index in [2.05, 4.69) is 55.2 Å². The van der Waals surface area contributed by atoms with Crippen molar-refractivity contribution in [2.75, 3.05) is 32.7 Å². The summed E-state index contributed by atoms with van der Waals surface area (Å²) in [5.74, 6) is 0.758. The molecule has 0 N–H and O–H groups in total. The third-order valence-corrected chi connectivity index (χ3v) is 3.78. The number of benzene rings is 1. The molecule has 1 aliphatic rings. The zero-order chi connectivity index (χ0) is 15.1. The van der Waals surface area contributed by atoms with E-state index in [0.29, 0.717) is 18.2 Å². The quantitative estimate of drug-likeness (QED) is 0.831. The summed E-state index contributed by atoms with van der Waals surface area (Å²) in [7, 11) is 0. The summed E-state index contributed by atoms with van der Waals surface area (Å²) in [4.78, 5) is 16.4. The molecule has 0 unspecified atom stereocenters. The second kappa shape index (κ2) is 7.99. The molecule has 3 nitrogen and oxygen atoms in total. The Morgan fingerprint density at radius 3 is 2.43 bits per heavy atom. The van der Waals surface area contributed by atoms with Gasteiger partial charge in [0.1, 0.15) is 0 Å². The van der Waals surface area contributed by atoms with Crippen LogP contribution >= 0.6 is 0 Å². The Labute approximate surface area is 128 Å². The standard InChI is InChI=1S/C18H26N2O/c1-16(2)15-18(21)20-13-11-19(12-14-20)10-6-9-17-7-4-3-5-8-17/h3-9,16H,10-15H2,1-2H3. The van der Waals surface area contributed by atoms with Crippen LogP contribution in [-0.2, 0) is 4.79 Å². The number of hydrogen-bond acceptors (Lipinski definition) is 2. The van der Waals surface area contributed by atoms with Crippen LogP contribution in [0.5, 0.6) is 0 Å². The smallest absolute Gasteiger partial charge is 0.222 e. The van der Waals surface area contributed by atoms with Crippen molar-refractivity contribution in [2.45, 2.75) is 20.3 Å². The Hall–Kier alpha value is -1.61. The number of hydrogen-bond donors (Lipinski definition) is 0. The van der Waals surface area contributed by atoms with Crippen LogP contribution in [0.2, 0.25) is 0 Å². The van der Waals surface area contributed by atoms with Crippen LogP contribution in [0.4, 0.5) is 0 Å². The maximum Gasteiger partial charge on any atom is 0.222 e. The van der Waals surface area contributed by atoms with Crippen molar-refractivity contribution in [1.29, 1.82) is 0 Å². The summed E-state index contributed by atoms with van der Waals surface area (Å²) in [6.07, 6.45) is 5.05. The van der Waals surface area contributed by atoms with Crippen LogP contribution < -0.4 is 0 Å². The van der Waals surface area contributed by atoms with Gasteiger partial charge in [-0.2, -0.15) is 0 Å². The molecule has 0 atom stereocenters. The van der Waals surface area contributed by atoms with E-state index < -0.39 is 0 Å². The molecule has 2 rings (SSSR count). The molecule has 1 saturated heterocycles. The minimum Gasteiger partial charge on any atom is -0.340 e. The molecule has 0 bridgehead atoms. The summed E-state index contributed by atoms with van der Waals surface area (Å²) in [6, 6.07) is 10.4. The van der Waals surface area contributed by atoms with Crippen molar-refractivity contribution in [2.24, 2.45) is 5.92 Å². The lowest BCUT2D eigenvalue weighted by atomic mass is 10.1. The van der Waals surface area contributed by atoms with Crippen molar-refractivity contribution < 1.29 is 4.79 Å². The second-order valence-electron chi connectivity index (χ2n) is 6.09. The topological polar surface area (TPSA) is 23.6 Å². The molecule has 0 aliphatic carbocycles. The fraction of sp³-hybridized carbons (Fsp3) is 0.500. The van der Waals surface area contributed by atoms with E-state index in [-0.39, 0.29) is 0 Å². The van der Waals surface area contributed by atoms with Gasteiger partial charge in [-0.15, -0.1) is 0 Å². The maximum atomic E-state index is 12.0. The van der Waals surface area contributed by atoms with E-state index in [1.54, 1.807) is 0 Å². The van der Waals surface area contributed by atoms with Crippen LogP contribution in [0.3, 0.4) is 0 Å². The third-order valence-electron chi connectivity index (χ3n) is 3.78. The average molecular weight is 286 g/mol. The van der Waals surface area contributed by atoms with Gasteiger partial charge in [-0.3, -0.25) is 9.69 Å². The van der Waals surface area contributed by atoms with E-state index >= 15 is 0 Å². The van der Waals surface area contributed by atoms with Crippen LogP contribution in [0.15, 0.2) is 36.4 Å². The van der Waals surface area contributed by atoms with E-state index in [4.69, 9.17) is 0 Å². The fourth-order valence-electron chi connectivity index (χ4n) is 2.56. The van der Waals surface area contributed by atoms with Crippen LogP contribution in [0.1, 0.15) is 25.8 Å². The van der Waals surface area contributed by atoms with E-state index in [1.165, 1.54) is 5.56 Å². The van der Waals surface area contributed by atoms with Gasteiger partial charge in [-0.25, -0.2) is 0 Å². The van der Waals surface area contributed by atoms with Crippen LogP contribution in [0, 0.1) is 5.92 Å². The molecule has 0 radical (unpaired) electrons. The normalized spacial score (nSPS) is 16.8. The number of carbonyl (C=O) groups excluding carboxylic acids is 1. The van der Waals surface area contributed by atoms with Crippen molar-refractivity contribution in [3.8, 4) is 0 Å². The first-order chi connectivity index (χ1) is 10.1. The van der Waals surface area contributed by atoms with Gasteiger partial charge in [0.25, 0.3) is 0 Å². The number of nitrogens with zero attached hydrogens (tertiary/aromatic N) is 2. The maximum absolute atomic E-state index is 12.0. The van der Waals surface area contributed by atoms with E-state index in [9.17, 15) is 4.79 Å². The minimum absolute atomic E-state index is 0.310. The molecule has 21 heavy (non-hydrogen) atoms. The second-order valence-corrected chi connectivity index (χ2v) is 6.09. The molecular weight excluding hydrogens is 260 g/mol. The molecule has 1 aromatic rings. The highest BCUT2D eigenvalue weighted by atomic mass is 16.2. The summed E-state index contributed by atoms with van der Waals surface area (Å²) in [6.45, 7) is 8.84. The molecule has 1 amide bonds. The third kappa shape index (κ3) is 5.35. The lowest BCUT2D eigenvalue weighted by Gasteiger charge is -2.34. The predicted molar refractivity (Wildman–Crippen MR) is 88.0 cm³/mol. The minimum atomic E-state index is 0.310. The van der Waals surface area contributed by atoms with Gasteiger partial charge >= 0.3 is 0 Å². The Morgan fingerprint density at radius 2 is 1.81 bits per heavy atom. The zero-order valence-electron chi connectivity index (χ0n) is 13.2. The molecule has 1 aliphatic heterocycles. The van der Waals surface area contributed by atoms with Gasteiger partial charge in [0.05, 0.1) is 0 Å². The van der Waals surface area contributed by atoms with Gasteiger partial charge in [0.15, 0.2) is 0 Å². The van der Waals surface area contributed by atoms with E-state index in [1.807, 2.05) is 11.0 Å². The Balaban J connectivity index is 1.72. The zero-order valence-corrected chi connectivity index (χ0v) is 13.2. The van der Waals surface area contributed by atoms with Gasteiger partial charge in [0, 0.05) is 39.1 Å². The van der Waals surface area contributed by atoms with Crippen LogP contribution in [0.25, 0.3) is 6.08 Å². The summed E-state index contributed by atoms with van der Waals surface area (Å²) in [5.41, 5.74) is 1.24. The molecule has 0 spiro atoms. The largest absolute Gasteiger partial charge is 0.340 e. The number of rotatable bonds is 5. The van der Waals surface area contributed by atoms with Crippen molar-refractivity contribution in [3.05, 3.63) is 42.0 Å². The van der Waals surface area contributed by atoms with Gasteiger partial charge in [-0.05, 0) is 11.5 Å². The highest BCUT2D eigenvalue weighted by Gasteiger charge is 2.20. The highest BCUT2D eigenvalue weighted by Crippen LogP contribution is 2.08. The molecule has 3 heteroatoms.